The number of nitrogens with one attached hydrogen (secondary N) is 1. The Balaban J connectivity index is 1.72. The molecule has 2 heterocycles. The van der Waals surface area contributed by atoms with E-state index in [-0.39, 0.29) is 5.82 Å². The van der Waals surface area contributed by atoms with Gasteiger partial charge in [0.05, 0.1) is 5.39 Å². The molecule has 1 aliphatic rings. The van der Waals surface area contributed by atoms with E-state index in [2.05, 4.69) is 21.1 Å². The molecule has 1 saturated carbocycles. The number of halogens is 1. The topological polar surface area (TPSA) is 39.1 Å². The average Bonchev–Trinajstić information content (AvgIpc) is 3.28. The first-order chi connectivity index (χ1) is 10.8. The molecule has 0 spiro atoms. The van der Waals surface area contributed by atoms with Gasteiger partial charge < -0.3 is 14.6 Å². The molecule has 22 heavy (non-hydrogen) atoms. The molecule has 1 N–H and O–H groups in total. The Morgan fingerprint density at radius 3 is 3.00 bits per heavy atom. The number of pyridine rings is 1. The van der Waals surface area contributed by atoms with Crippen LogP contribution in [0.2, 0.25) is 0 Å². The van der Waals surface area contributed by atoms with Crippen LogP contribution in [0.1, 0.15) is 37.7 Å². The van der Waals surface area contributed by atoms with Crippen molar-refractivity contribution in [1.82, 2.24) is 14.9 Å². The van der Waals surface area contributed by atoms with Gasteiger partial charge in [0.15, 0.2) is 0 Å². The Bertz CT molecular complexity index is 622. The van der Waals surface area contributed by atoms with Gasteiger partial charge in [0.25, 0.3) is 0 Å². The summed E-state index contributed by atoms with van der Waals surface area (Å²) >= 11 is 0. The lowest BCUT2D eigenvalue weighted by atomic mass is 10.2. The quantitative estimate of drug-likeness (QED) is 0.723. The zero-order valence-corrected chi connectivity index (χ0v) is 13.1. The van der Waals surface area contributed by atoms with E-state index in [1.807, 2.05) is 0 Å². The minimum absolute atomic E-state index is 0.171. The molecular formula is C17H24FN3O. The molecule has 2 aromatic rings. The van der Waals surface area contributed by atoms with Gasteiger partial charge in [-0.1, -0.05) is 0 Å². The van der Waals surface area contributed by atoms with Crippen LogP contribution in [0.4, 0.5) is 4.39 Å². The number of ether oxygens (including phenoxy) is 1. The van der Waals surface area contributed by atoms with E-state index in [1.54, 1.807) is 13.3 Å². The van der Waals surface area contributed by atoms with Gasteiger partial charge in [0.2, 0.25) is 0 Å². The lowest BCUT2D eigenvalue weighted by Crippen LogP contribution is -2.15. The largest absolute Gasteiger partial charge is 0.385 e. The molecule has 1 aliphatic carbocycles. The molecule has 0 aliphatic heterocycles. The molecule has 0 radical (unpaired) electrons. The van der Waals surface area contributed by atoms with E-state index in [0.717, 1.165) is 50.2 Å². The third-order valence-electron chi connectivity index (χ3n) is 4.19. The number of hydrogen-bond donors (Lipinski definition) is 1. The van der Waals surface area contributed by atoms with Crippen molar-refractivity contribution >= 4 is 11.0 Å². The van der Waals surface area contributed by atoms with Gasteiger partial charge in [-0.05, 0) is 43.7 Å². The molecule has 0 atom stereocenters. The zero-order chi connectivity index (χ0) is 15.4. The predicted molar refractivity (Wildman–Crippen MR) is 85.3 cm³/mol. The molecule has 0 bridgehead atoms. The number of unbranched alkanes of at least 4 members (excludes halogenated alkanes) is 2. The summed E-state index contributed by atoms with van der Waals surface area (Å²) in [6, 6.07) is 2.07. The summed E-state index contributed by atoms with van der Waals surface area (Å²) in [5.74, 6) is -0.171. The highest BCUT2D eigenvalue weighted by molar-refractivity contribution is 5.81. The second-order valence-corrected chi connectivity index (χ2v) is 6.05. The van der Waals surface area contributed by atoms with E-state index < -0.39 is 0 Å². The van der Waals surface area contributed by atoms with Crippen molar-refractivity contribution in [3.63, 3.8) is 0 Å². The minimum Gasteiger partial charge on any atom is -0.385 e. The maximum atomic E-state index is 14.2. The van der Waals surface area contributed by atoms with Gasteiger partial charge in [0.1, 0.15) is 11.5 Å². The van der Waals surface area contributed by atoms with Crippen molar-refractivity contribution in [2.24, 2.45) is 0 Å². The number of nitrogens with zero attached hydrogens (tertiary/aromatic N) is 2. The second kappa shape index (κ2) is 7.20. The lowest BCUT2D eigenvalue weighted by Gasteiger charge is -2.04. The van der Waals surface area contributed by atoms with Crippen molar-refractivity contribution < 1.29 is 9.13 Å². The molecule has 5 heteroatoms. The van der Waals surface area contributed by atoms with Gasteiger partial charge in [-0.3, -0.25) is 0 Å². The summed E-state index contributed by atoms with van der Waals surface area (Å²) in [5, 5.41) is 4.14. The zero-order valence-electron chi connectivity index (χ0n) is 13.1. The first-order valence-corrected chi connectivity index (χ1v) is 8.14. The highest BCUT2D eigenvalue weighted by Gasteiger charge is 2.21. The Morgan fingerprint density at radius 1 is 1.36 bits per heavy atom. The van der Waals surface area contributed by atoms with Crippen LogP contribution >= 0.6 is 0 Å². The SMILES string of the molecule is COCCCCCn1cc(CNC2CC2)c2c(F)ccnc21. The van der Waals surface area contributed by atoms with Crippen molar-refractivity contribution in [3.05, 3.63) is 29.8 Å². The van der Waals surface area contributed by atoms with E-state index in [1.165, 1.54) is 18.9 Å². The Kier molecular flexibility index (Phi) is 5.05. The molecule has 2 aromatic heterocycles. The molecule has 1 fully saturated rings. The smallest absolute Gasteiger partial charge is 0.143 e. The highest BCUT2D eigenvalue weighted by Crippen LogP contribution is 2.25. The molecule has 0 aromatic carbocycles. The first kappa shape index (κ1) is 15.4. The average molecular weight is 305 g/mol. The van der Waals surface area contributed by atoms with Gasteiger partial charge in [0, 0.05) is 45.2 Å². The van der Waals surface area contributed by atoms with Gasteiger partial charge in [-0.15, -0.1) is 0 Å². The van der Waals surface area contributed by atoms with Gasteiger partial charge in [-0.2, -0.15) is 0 Å². The molecule has 3 rings (SSSR count). The fourth-order valence-corrected chi connectivity index (χ4v) is 2.81. The van der Waals surface area contributed by atoms with Crippen LogP contribution in [0.15, 0.2) is 18.5 Å². The monoisotopic (exact) mass is 305 g/mol. The summed E-state index contributed by atoms with van der Waals surface area (Å²) < 4.78 is 21.4. The minimum atomic E-state index is -0.171. The van der Waals surface area contributed by atoms with Crippen molar-refractivity contribution in [1.29, 1.82) is 0 Å². The Labute approximate surface area is 130 Å². The van der Waals surface area contributed by atoms with Crippen LogP contribution in [0.3, 0.4) is 0 Å². The number of aromatic nitrogens is 2. The van der Waals surface area contributed by atoms with Crippen LogP contribution in [0, 0.1) is 5.82 Å². The van der Waals surface area contributed by atoms with E-state index in [0.29, 0.717) is 11.4 Å². The molecule has 0 unspecified atom stereocenters. The molecule has 4 nitrogen and oxygen atoms in total. The Hall–Kier alpha value is -1.46. The van der Waals surface area contributed by atoms with E-state index in [9.17, 15) is 4.39 Å². The van der Waals surface area contributed by atoms with Crippen molar-refractivity contribution in [3.8, 4) is 0 Å². The molecule has 120 valence electrons. The first-order valence-electron chi connectivity index (χ1n) is 8.14. The van der Waals surface area contributed by atoms with Crippen molar-refractivity contribution in [2.75, 3.05) is 13.7 Å². The van der Waals surface area contributed by atoms with Crippen molar-refractivity contribution in [2.45, 2.75) is 51.2 Å². The van der Waals surface area contributed by atoms with Crippen LogP contribution in [0.25, 0.3) is 11.0 Å². The Morgan fingerprint density at radius 2 is 2.23 bits per heavy atom. The van der Waals surface area contributed by atoms with Crippen LogP contribution in [-0.2, 0) is 17.8 Å². The van der Waals surface area contributed by atoms with Gasteiger partial charge >= 0.3 is 0 Å². The maximum Gasteiger partial charge on any atom is 0.143 e. The standard InChI is InChI=1S/C17H24FN3O/c1-22-10-4-2-3-9-21-12-13(11-20-14-5-6-14)16-15(18)7-8-19-17(16)21/h7-8,12,14,20H,2-6,9-11H2,1H3. The summed E-state index contributed by atoms with van der Waals surface area (Å²) in [7, 11) is 1.73. The summed E-state index contributed by atoms with van der Waals surface area (Å²) in [4.78, 5) is 4.39. The van der Waals surface area contributed by atoms with E-state index in [4.69, 9.17) is 4.74 Å². The third-order valence-corrected chi connectivity index (χ3v) is 4.19. The number of methoxy groups -OCH3 is 1. The maximum absolute atomic E-state index is 14.2. The van der Waals surface area contributed by atoms with Crippen LogP contribution in [0.5, 0.6) is 0 Å². The molecule has 0 amide bonds. The third kappa shape index (κ3) is 3.65. The van der Waals surface area contributed by atoms with Gasteiger partial charge in [-0.25, -0.2) is 9.37 Å². The number of fused-ring (bicyclic) bond motifs is 1. The number of rotatable bonds is 9. The normalized spacial score (nSPS) is 14.8. The number of hydrogen-bond acceptors (Lipinski definition) is 3. The lowest BCUT2D eigenvalue weighted by molar-refractivity contribution is 0.191. The molecular weight excluding hydrogens is 281 g/mol. The summed E-state index contributed by atoms with van der Waals surface area (Å²) in [6.07, 6.45) is 9.31. The second-order valence-electron chi connectivity index (χ2n) is 6.05. The van der Waals surface area contributed by atoms with Crippen LogP contribution in [-0.4, -0.2) is 29.3 Å². The molecule has 0 saturated heterocycles. The number of aryl methyl sites for hydroxylation is 1. The fourth-order valence-electron chi connectivity index (χ4n) is 2.81. The fraction of sp³-hybridized carbons (Fsp3) is 0.588. The summed E-state index contributed by atoms with van der Waals surface area (Å²) in [5.41, 5.74) is 1.78. The van der Waals surface area contributed by atoms with Crippen LogP contribution < -0.4 is 5.32 Å². The predicted octanol–water partition coefficient (Wildman–Crippen LogP) is 3.24. The summed E-state index contributed by atoms with van der Waals surface area (Å²) in [6.45, 7) is 2.40. The van der Waals surface area contributed by atoms with E-state index >= 15 is 0 Å². The highest BCUT2D eigenvalue weighted by atomic mass is 19.1.